The molecule has 0 amide bonds. The number of rotatable bonds is 3. The largest absolute Gasteiger partial charge is 0.243 e. The van der Waals surface area contributed by atoms with Crippen molar-refractivity contribution in [2.45, 2.75) is 31.7 Å². The van der Waals surface area contributed by atoms with Gasteiger partial charge in [-0.3, -0.25) is 0 Å². The van der Waals surface area contributed by atoms with E-state index in [1.165, 1.54) is 16.4 Å². The van der Waals surface area contributed by atoms with Crippen molar-refractivity contribution in [2.24, 2.45) is 0 Å². The lowest BCUT2D eigenvalue weighted by Gasteiger charge is -2.22. The van der Waals surface area contributed by atoms with Crippen LogP contribution in [0.2, 0.25) is 0 Å². The molecule has 0 unspecified atom stereocenters. The highest BCUT2D eigenvalue weighted by atomic mass is 32.2. The summed E-state index contributed by atoms with van der Waals surface area (Å²) in [6.07, 6.45) is 0. The first-order chi connectivity index (χ1) is 7.80. The fraction of sp³-hybridized carbons (Fsp3) is 0.417. The first kappa shape index (κ1) is 13.7. The van der Waals surface area contributed by atoms with Crippen molar-refractivity contribution in [1.82, 2.24) is 4.31 Å². The van der Waals surface area contributed by atoms with Gasteiger partial charge in [0.2, 0.25) is 10.0 Å². The van der Waals surface area contributed by atoms with Gasteiger partial charge >= 0.3 is 0 Å². The number of aryl methyl sites for hydroxylation is 1. The monoisotopic (exact) mass is 252 g/mol. The molecular formula is C12H16N2O2S. The number of nitriles is 1. The molecule has 0 saturated heterocycles. The molecule has 0 spiro atoms. The van der Waals surface area contributed by atoms with Crippen LogP contribution in [-0.2, 0) is 10.0 Å². The molecule has 0 aromatic heterocycles. The summed E-state index contributed by atoms with van der Waals surface area (Å²) in [6.45, 7) is 5.33. The van der Waals surface area contributed by atoms with E-state index in [0.29, 0.717) is 11.1 Å². The number of benzene rings is 1. The Morgan fingerprint density at radius 1 is 1.35 bits per heavy atom. The first-order valence-electron chi connectivity index (χ1n) is 5.29. The van der Waals surface area contributed by atoms with Crippen LogP contribution in [0.15, 0.2) is 23.1 Å². The normalized spacial score (nSPS) is 11.8. The molecule has 92 valence electrons. The molecule has 17 heavy (non-hydrogen) atoms. The summed E-state index contributed by atoms with van der Waals surface area (Å²) in [5.41, 5.74) is 1.06. The van der Waals surface area contributed by atoms with Crippen LogP contribution >= 0.6 is 0 Å². The Labute approximate surface area is 103 Å². The van der Waals surface area contributed by atoms with Gasteiger partial charge in [-0.25, -0.2) is 8.42 Å². The predicted molar refractivity (Wildman–Crippen MR) is 66.0 cm³/mol. The fourth-order valence-corrected chi connectivity index (χ4v) is 3.01. The van der Waals surface area contributed by atoms with Gasteiger partial charge in [-0.2, -0.15) is 9.57 Å². The van der Waals surface area contributed by atoms with Crippen molar-refractivity contribution >= 4 is 10.0 Å². The third-order valence-electron chi connectivity index (χ3n) is 2.69. The minimum atomic E-state index is -3.47. The molecule has 0 heterocycles. The fourth-order valence-electron chi connectivity index (χ4n) is 1.44. The van der Waals surface area contributed by atoms with Gasteiger partial charge in [0.05, 0.1) is 16.5 Å². The molecule has 1 aromatic carbocycles. The van der Waals surface area contributed by atoms with Gasteiger partial charge in [0.25, 0.3) is 0 Å². The average Bonchev–Trinajstić information content (AvgIpc) is 2.27. The molecular weight excluding hydrogens is 236 g/mol. The SMILES string of the molecule is Cc1cc(C#N)ccc1S(=O)(=O)N(C)C(C)C. The minimum Gasteiger partial charge on any atom is -0.207 e. The molecule has 4 nitrogen and oxygen atoms in total. The highest BCUT2D eigenvalue weighted by Crippen LogP contribution is 2.21. The molecule has 0 aliphatic heterocycles. The number of sulfonamides is 1. The van der Waals surface area contributed by atoms with Crippen LogP contribution in [-0.4, -0.2) is 25.8 Å². The predicted octanol–water partition coefficient (Wildman–Crippen LogP) is 1.90. The highest BCUT2D eigenvalue weighted by molar-refractivity contribution is 7.89. The second-order valence-corrected chi connectivity index (χ2v) is 6.17. The Balaban J connectivity index is 3.31. The maximum Gasteiger partial charge on any atom is 0.243 e. The van der Waals surface area contributed by atoms with Gasteiger partial charge in [-0.1, -0.05) is 0 Å². The summed E-state index contributed by atoms with van der Waals surface area (Å²) >= 11 is 0. The molecule has 0 aliphatic carbocycles. The number of hydrogen-bond donors (Lipinski definition) is 0. The van der Waals surface area contributed by atoms with E-state index in [2.05, 4.69) is 0 Å². The van der Waals surface area contributed by atoms with Crippen molar-refractivity contribution in [3.63, 3.8) is 0 Å². The number of hydrogen-bond acceptors (Lipinski definition) is 3. The summed E-state index contributed by atoms with van der Waals surface area (Å²) in [4.78, 5) is 0.257. The molecule has 0 atom stereocenters. The Morgan fingerprint density at radius 3 is 2.35 bits per heavy atom. The average molecular weight is 252 g/mol. The van der Waals surface area contributed by atoms with Gasteiger partial charge in [0.15, 0.2) is 0 Å². The van der Waals surface area contributed by atoms with Gasteiger partial charge < -0.3 is 0 Å². The highest BCUT2D eigenvalue weighted by Gasteiger charge is 2.24. The summed E-state index contributed by atoms with van der Waals surface area (Å²) in [6, 6.07) is 6.48. The van der Waals surface area contributed by atoms with E-state index < -0.39 is 10.0 Å². The maximum absolute atomic E-state index is 12.2. The van der Waals surface area contributed by atoms with Crippen molar-refractivity contribution in [3.8, 4) is 6.07 Å². The van der Waals surface area contributed by atoms with E-state index in [-0.39, 0.29) is 10.9 Å². The topological polar surface area (TPSA) is 61.2 Å². The van der Waals surface area contributed by atoms with Crippen molar-refractivity contribution in [2.75, 3.05) is 7.05 Å². The van der Waals surface area contributed by atoms with E-state index in [0.717, 1.165) is 0 Å². The molecule has 0 aliphatic rings. The van der Waals surface area contributed by atoms with E-state index in [1.54, 1.807) is 20.0 Å². The zero-order chi connectivity index (χ0) is 13.2. The summed E-state index contributed by atoms with van der Waals surface area (Å²) in [7, 11) is -1.92. The van der Waals surface area contributed by atoms with Crippen LogP contribution in [0.5, 0.6) is 0 Å². The van der Waals surface area contributed by atoms with E-state index in [9.17, 15) is 8.42 Å². The van der Waals surface area contributed by atoms with E-state index >= 15 is 0 Å². The van der Waals surface area contributed by atoms with Crippen LogP contribution in [0.3, 0.4) is 0 Å². The third-order valence-corrected chi connectivity index (χ3v) is 4.88. The summed E-state index contributed by atoms with van der Waals surface area (Å²) in [5, 5.41) is 8.74. The molecule has 0 saturated carbocycles. The van der Waals surface area contributed by atoms with E-state index in [4.69, 9.17) is 5.26 Å². The third kappa shape index (κ3) is 2.65. The lowest BCUT2D eigenvalue weighted by molar-refractivity contribution is 0.410. The molecule has 0 N–H and O–H groups in total. The Kier molecular flexibility index (Phi) is 3.91. The van der Waals surface area contributed by atoms with Crippen molar-refractivity contribution in [3.05, 3.63) is 29.3 Å². The molecule has 1 aromatic rings. The zero-order valence-corrected chi connectivity index (χ0v) is 11.2. The molecule has 1 rings (SSSR count). The van der Waals surface area contributed by atoms with Gasteiger partial charge in [-0.05, 0) is 44.5 Å². The second kappa shape index (κ2) is 4.86. The zero-order valence-electron chi connectivity index (χ0n) is 10.4. The summed E-state index contributed by atoms with van der Waals surface area (Å²) < 4.78 is 25.8. The van der Waals surface area contributed by atoms with Crippen LogP contribution in [0.4, 0.5) is 0 Å². The lowest BCUT2D eigenvalue weighted by atomic mass is 10.2. The van der Waals surface area contributed by atoms with Crippen LogP contribution < -0.4 is 0 Å². The standard InChI is InChI=1S/C12H16N2O2S/c1-9(2)14(4)17(15,16)12-6-5-11(8-13)7-10(12)3/h5-7,9H,1-4H3. The van der Waals surface area contributed by atoms with Crippen molar-refractivity contribution in [1.29, 1.82) is 5.26 Å². The van der Waals surface area contributed by atoms with Gasteiger partial charge in [0.1, 0.15) is 0 Å². The molecule has 5 heteroatoms. The lowest BCUT2D eigenvalue weighted by Crippen LogP contribution is -2.33. The van der Waals surface area contributed by atoms with E-state index in [1.807, 2.05) is 19.9 Å². The second-order valence-electron chi connectivity index (χ2n) is 4.21. The Morgan fingerprint density at radius 2 is 1.94 bits per heavy atom. The maximum atomic E-state index is 12.2. The number of nitrogens with zero attached hydrogens (tertiary/aromatic N) is 2. The quantitative estimate of drug-likeness (QED) is 0.825. The Bertz CT molecular complexity index is 556. The minimum absolute atomic E-state index is 0.102. The van der Waals surface area contributed by atoms with Crippen LogP contribution in [0.1, 0.15) is 25.0 Å². The molecule has 0 fully saturated rings. The summed E-state index contributed by atoms with van der Waals surface area (Å²) in [5.74, 6) is 0. The Hall–Kier alpha value is -1.38. The molecule has 0 bridgehead atoms. The van der Waals surface area contributed by atoms with Crippen LogP contribution in [0, 0.1) is 18.3 Å². The van der Waals surface area contributed by atoms with Gasteiger partial charge in [0, 0.05) is 13.1 Å². The molecule has 0 radical (unpaired) electrons. The van der Waals surface area contributed by atoms with Crippen LogP contribution in [0.25, 0.3) is 0 Å². The first-order valence-corrected chi connectivity index (χ1v) is 6.73. The van der Waals surface area contributed by atoms with Crippen molar-refractivity contribution < 1.29 is 8.42 Å². The smallest absolute Gasteiger partial charge is 0.207 e. The van der Waals surface area contributed by atoms with Gasteiger partial charge in [-0.15, -0.1) is 0 Å².